The maximum Gasteiger partial charge on any atom is 0.338 e. The van der Waals surface area contributed by atoms with Gasteiger partial charge in [0, 0.05) is 10.8 Å². The zero-order valence-electron chi connectivity index (χ0n) is 10.9. The van der Waals surface area contributed by atoms with Crippen LogP contribution < -0.4 is 9.47 Å². The molecule has 0 aliphatic rings. The third-order valence-corrected chi connectivity index (χ3v) is 2.87. The van der Waals surface area contributed by atoms with Crippen LogP contribution >= 0.6 is 0 Å². The zero-order chi connectivity index (χ0) is 14.0. The number of hydrogen-bond donors (Lipinski definition) is 1. The van der Waals surface area contributed by atoms with Crippen LogP contribution in [0.2, 0.25) is 0 Å². The molecule has 0 fully saturated rings. The van der Waals surface area contributed by atoms with Crippen molar-refractivity contribution < 1.29 is 24.1 Å². The number of benzene rings is 2. The fourth-order valence-corrected chi connectivity index (χ4v) is 1.98. The summed E-state index contributed by atoms with van der Waals surface area (Å²) in [6.07, 6.45) is 0. The Labute approximate surface area is 110 Å². The molecule has 1 N–H and O–H groups in total. The zero-order valence-corrected chi connectivity index (χ0v) is 10.9. The minimum Gasteiger partial charge on any atom is -0.507 e. The molecule has 5 nitrogen and oxygen atoms in total. The van der Waals surface area contributed by atoms with Crippen molar-refractivity contribution in [3.05, 3.63) is 29.8 Å². The van der Waals surface area contributed by atoms with Gasteiger partial charge in [0.05, 0.1) is 26.9 Å². The number of phenols is 1. The van der Waals surface area contributed by atoms with Crippen LogP contribution in [0.25, 0.3) is 10.8 Å². The van der Waals surface area contributed by atoms with Crippen LogP contribution in [0.5, 0.6) is 17.2 Å². The summed E-state index contributed by atoms with van der Waals surface area (Å²) in [7, 11) is 4.30. The lowest BCUT2D eigenvalue weighted by Crippen LogP contribution is -2.01. The second-order valence-electron chi connectivity index (χ2n) is 3.88. The fraction of sp³-hybridized carbons (Fsp3) is 0.214. The van der Waals surface area contributed by atoms with Gasteiger partial charge in [0.2, 0.25) is 0 Å². The first-order chi connectivity index (χ1) is 9.12. The van der Waals surface area contributed by atoms with Crippen molar-refractivity contribution in [3.63, 3.8) is 0 Å². The highest BCUT2D eigenvalue weighted by Gasteiger charge is 2.15. The molecule has 0 unspecified atom stereocenters. The highest BCUT2D eigenvalue weighted by Crippen LogP contribution is 2.39. The van der Waals surface area contributed by atoms with E-state index in [0.717, 1.165) is 0 Å². The van der Waals surface area contributed by atoms with Gasteiger partial charge >= 0.3 is 5.97 Å². The highest BCUT2D eigenvalue weighted by molar-refractivity contribution is 6.01. The van der Waals surface area contributed by atoms with Crippen molar-refractivity contribution >= 4 is 16.7 Å². The number of ether oxygens (including phenoxy) is 3. The summed E-state index contributed by atoms with van der Waals surface area (Å²) in [5.41, 5.74) is 0.249. The molecule has 0 saturated carbocycles. The van der Waals surface area contributed by atoms with Gasteiger partial charge in [-0.25, -0.2) is 4.79 Å². The average Bonchev–Trinajstić information content (AvgIpc) is 2.44. The molecule has 0 aromatic heterocycles. The molecule has 0 heterocycles. The maximum atomic E-state index is 11.6. The molecule has 0 amide bonds. The molecule has 0 radical (unpaired) electrons. The number of aromatic hydroxyl groups is 1. The SMILES string of the molecule is COC(=O)c1cc(O)c2ccc(OC)c(OC)c2c1. The number of hydrogen-bond acceptors (Lipinski definition) is 5. The van der Waals surface area contributed by atoms with E-state index < -0.39 is 5.97 Å². The first-order valence-electron chi connectivity index (χ1n) is 5.58. The first kappa shape index (κ1) is 13.0. The van der Waals surface area contributed by atoms with E-state index in [4.69, 9.17) is 9.47 Å². The number of carbonyl (C=O) groups excluding carboxylic acids is 1. The standard InChI is InChI=1S/C14H14O5/c1-17-12-5-4-9-10(13(12)18-2)6-8(7-11(9)15)14(16)19-3/h4-7,15H,1-3H3. The monoisotopic (exact) mass is 262 g/mol. The van der Waals surface area contributed by atoms with Crippen molar-refractivity contribution in [2.75, 3.05) is 21.3 Å². The van der Waals surface area contributed by atoms with Crippen molar-refractivity contribution in [2.24, 2.45) is 0 Å². The van der Waals surface area contributed by atoms with E-state index in [1.165, 1.54) is 27.4 Å². The quantitative estimate of drug-likeness (QED) is 0.860. The summed E-state index contributed by atoms with van der Waals surface area (Å²) in [5.74, 6) is 0.443. The Morgan fingerprint density at radius 3 is 2.37 bits per heavy atom. The number of rotatable bonds is 3. The van der Waals surface area contributed by atoms with E-state index in [1.54, 1.807) is 18.2 Å². The molecule has 100 valence electrons. The van der Waals surface area contributed by atoms with E-state index in [-0.39, 0.29) is 11.3 Å². The number of carbonyl (C=O) groups is 1. The van der Waals surface area contributed by atoms with Gasteiger partial charge in [0.15, 0.2) is 11.5 Å². The second kappa shape index (κ2) is 5.06. The number of methoxy groups -OCH3 is 3. The Balaban J connectivity index is 2.79. The Kier molecular flexibility index (Phi) is 3.46. The Morgan fingerprint density at radius 1 is 1.05 bits per heavy atom. The van der Waals surface area contributed by atoms with Crippen LogP contribution in [0.3, 0.4) is 0 Å². The van der Waals surface area contributed by atoms with Crippen molar-refractivity contribution in [1.29, 1.82) is 0 Å². The summed E-state index contributed by atoms with van der Waals surface area (Å²) in [6.45, 7) is 0. The number of phenolic OH excluding ortho intramolecular Hbond substituents is 1. The number of esters is 1. The predicted octanol–water partition coefficient (Wildman–Crippen LogP) is 2.35. The molecule has 0 saturated heterocycles. The molecule has 2 rings (SSSR count). The molecule has 0 spiro atoms. The summed E-state index contributed by atoms with van der Waals surface area (Å²) in [5, 5.41) is 11.1. The molecule has 2 aromatic carbocycles. The van der Waals surface area contributed by atoms with Crippen LogP contribution in [0, 0.1) is 0 Å². The van der Waals surface area contributed by atoms with E-state index in [0.29, 0.717) is 22.3 Å². The van der Waals surface area contributed by atoms with Gasteiger partial charge in [-0.05, 0) is 24.3 Å². The van der Waals surface area contributed by atoms with Gasteiger partial charge in [-0.15, -0.1) is 0 Å². The smallest absolute Gasteiger partial charge is 0.338 e. The summed E-state index contributed by atoms with van der Waals surface area (Å²) in [4.78, 5) is 11.6. The van der Waals surface area contributed by atoms with E-state index >= 15 is 0 Å². The van der Waals surface area contributed by atoms with Gasteiger partial charge in [0.1, 0.15) is 5.75 Å². The molecule has 19 heavy (non-hydrogen) atoms. The normalized spacial score (nSPS) is 10.3. The Morgan fingerprint density at radius 2 is 1.79 bits per heavy atom. The molecule has 2 aromatic rings. The molecular formula is C14H14O5. The molecule has 5 heteroatoms. The third kappa shape index (κ3) is 2.14. The second-order valence-corrected chi connectivity index (χ2v) is 3.88. The Bertz CT molecular complexity index is 633. The summed E-state index contributed by atoms with van der Waals surface area (Å²) < 4.78 is 15.1. The van der Waals surface area contributed by atoms with Crippen molar-refractivity contribution in [3.8, 4) is 17.2 Å². The predicted molar refractivity (Wildman–Crippen MR) is 70.1 cm³/mol. The lowest BCUT2D eigenvalue weighted by molar-refractivity contribution is 0.0600. The van der Waals surface area contributed by atoms with Crippen LogP contribution in [0.1, 0.15) is 10.4 Å². The minimum absolute atomic E-state index is 0.0150. The van der Waals surface area contributed by atoms with Crippen molar-refractivity contribution in [1.82, 2.24) is 0 Å². The van der Waals surface area contributed by atoms with Gasteiger partial charge in [0.25, 0.3) is 0 Å². The lowest BCUT2D eigenvalue weighted by atomic mass is 10.0. The molecular weight excluding hydrogens is 248 g/mol. The molecule has 0 aliphatic carbocycles. The third-order valence-electron chi connectivity index (χ3n) is 2.87. The molecule has 0 atom stereocenters. The minimum atomic E-state index is -0.526. The van der Waals surface area contributed by atoms with Gasteiger partial charge < -0.3 is 19.3 Å². The van der Waals surface area contributed by atoms with Crippen LogP contribution in [-0.2, 0) is 4.74 Å². The van der Waals surface area contributed by atoms with Gasteiger partial charge in [-0.3, -0.25) is 0 Å². The van der Waals surface area contributed by atoms with Crippen LogP contribution in [-0.4, -0.2) is 32.4 Å². The fourth-order valence-electron chi connectivity index (χ4n) is 1.98. The van der Waals surface area contributed by atoms with Crippen LogP contribution in [0.4, 0.5) is 0 Å². The summed E-state index contributed by atoms with van der Waals surface area (Å²) >= 11 is 0. The first-order valence-corrected chi connectivity index (χ1v) is 5.58. The maximum absolute atomic E-state index is 11.6. The highest BCUT2D eigenvalue weighted by atomic mass is 16.5. The Hall–Kier alpha value is -2.43. The van der Waals surface area contributed by atoms with E-state index in [2.05, 4.69) is 4.74 Å². The largest absolute Gasteiger partial charge is 0.507 e. The van der Waals surface area contributed by atoms with Gasteiger partial charge in [-0.1, -0.05) is 0 Å². The van der Waals surface area contributed by atoms with Crippen molar-refractivity contribution in [2.45, 2.75) is 0 Å². The summed E-state index contributed by atoms with van der Waals surface area (Å²) in [6, 6.07) is 6.36. The lowest BCUT2D eigenvalue weighted by Gasteiger charge is -2.12. The topological polar surface area (TPSA) is 65.0 Å². The van der Waals surface area contributed by atoms with Crippen LogP contribution in [0.15, 0.2) is 24.3 Å². The average molecular weight is 262 g/mol. The number of fused-ring (bicyclic) bond motifs is 1. The van der Waals surface area contributed by atoms with E-state index in [1.807, 2.05) is 0 Å². The molecule has 0 bridgehead atoms. The molecule has 0 aliphatic heterocycles. The van der Waals surface area contributed by atoms with Gasteiger partial charge in [-0.2, -0.15) is 0 Å². The van der Waals surface area contributed by atoms with E-state index in [9.17, 15) is 9.90 Å².